The summed E-state index contributed by atoms with van der Waals surface area (Å²) in [5.41, 5.74) is 1.84. The Labute approximate surface area is 161 Å². The van der Waals surface area contributed by atoms with Gasteiger partial charge in [-0.2, -0.15) is 0 Å². The molecule has 10 atom stereocenters. The van der Waals surface area contributed by atoms with Gasteiger partial charge in [0.2, 0.25) is 0 Å². The summed E-state index contributed by atoms with van der Waals surface area (Å²) in [5.74, 6) is 9.39. The van der Waals surface area contributed by atoms with Gasteiger partial charge in [0.15, 0.2) is 0 Å². The van der Waals surface area contributed by atoms with Crippen molar-refractivity contribution in [2.75, 3.05) is 6.61 Å². The highest BCUT2D eigenvalue weighted by Crippen LogP contribution is 2.72. The van der Waals surface area contributed by atoms with Gasteiger partial charge in [0.1, 0.15) is 0 Å². The molecule has 0 N–H and O–H groups in total. The second-order valence-electron chi connectivity index (χ2n) is 10.5. The summed E-state index contributed by atoms with van der Waals surface area (Å²) in [6, 6.07) is 7.97. The van der Waals surface area contributed by atoms with Crippen molar-refractivity contribution < 1.29 is 9.53 Å². The van der Waals surface area contributed by atoms with Gasteiger partial charge in [-0.05, 0) is 109 Å². The molecule has 0 spiro atoms. The molecule has 1 aromatic rings. The Balaban J connectivity index is 1.12. The largest absolute Gasteiger partial charge is 0.462 e. The molecule has 1 aliphatic heterocycles. The van der Waals surface area contributed by atoms with Crippen LogP contribution in [0.5, 0.6) is 0 Å². The quantitative estimate of drug-likeness (QED) is 0.605. The van der Waals surface area contributed by atoms with Crippen LogP contribution in [0.1, 0.15) is 48.0 Å². The fourth-order valence-electron chi connectivity index (χ4n) is 6.87. The standard InChI is InChI=1S/C25H28O2/c26-25-15-3-1-2-13(6-15)4-5-14-7-17(14)19-9-21(19)23-11-24(23)22-10-20(22)18-8-16(18)12-27-25/h1-6,14,16-24H,7-12H2/b5-4-/t14-,16+,17-,18-,19+,20+,21-,22-,23+,24+/m1/s1. The Hall–Kier alpha value is -1.57. The van der Waals surface area contributed by atoms with E-state index in [1.165, 1.54) is 32.1 Å². The Morgan fingerprint density at radius 1 is 0.778 bits per heavy atom. The third-order valence-corrected chi connectivity index (χ3v) is 8.83. The predicted molar refractivity (Wildman–Crippen MR) is 104 cm³/mol. The van der Waals surface area contributed by atoms with Crippen LogP contribution in [-0.4, -0.2) is 12.6 Å². The third kappa shape index (κ3) is 2.62. The lowest BCUT2D eigenvalue weighted by molar-refractivity contribution is 0.0478. The van der Waals surface area contributed by atoms with Gasteiger partial charge in [0, 0.05) is 0 Å². The molecule has 2 nitrogen and oxygen atoms in total. The number of benzene rings is 1. The van der Waals surface area contributed by atoms with Crippen molar-refractivity contribution in [3.8, 4) is 0 Å². The normalized spacial score (nSPS) is 52.2. The highest BCUT2D eigenvalue weighted by Gasteiger charge is 2.65. The molecule has 0 unspecified atom stereocenters. The van der Waals surface area contributed by atoms with Crippen LogP contribution in [-0.2, 0) is 4.74 Å². The Morgan fingerprint density at radius 2 is 1.48 bits per heavy atom. The SMILES string of the molecule is O=C1OC[C@@H]2C[C@H]2[C@@H]2C[C@H]2[C@@H]2C[C@H]2[C@@H]2C[C@H]2[C@@H]2C[C@H]2/C=C\c2cccc1c2. The van der Waals surface area contributed by atoms with Crippen molar-refractivity contribution in [3.63, 3.8) is 0 Å². The average molecular weight is 360 g/mol. The third-order valence-electron chi connectivity index (χ3n) is 8.83. The number of ether oxygens (including phenoxy) is 1. The fourth-order valence-corrected chi connectivity index (χ4v) is 6.87. The lowest BCUT2D eigenvalue weighted by atomic mass is 10.0. The van der Waals surface area contributed by atoms with Gasteiger partial charge in [-0.15, -0.1) is 0 Å². The molecule has 2 bridgehead atoms. The number of carbonyl (C=O) groups is 1. The molecule has 0 aromatic heterocycles. The highest BCUT2D eigenvalue weighted by atomic mass is 16.5. The molecule has 1 aromatic carbocycles. The van der Waals surface area contributed by atoms with E-state index in [0.29, 0.717) is 18.1 Å². The van der Waals surface area contributed by atoms with Gasteiger partial charge in [-0.3, -0.25) is 0 Å². The van der Waals surface area contributed by atoms with Gasteiger partial charge in [-0.1, -0.05) is 24.3 Å². The summed E-state index contributed by atoms with van der Waals surface area (Å²) in [7, 11) is 0. The maximum Gasteiger partial charge on any atom is 0.338 e. The number of hydrogen-bond acceptors (Lipinski definition) is 2. The molecule has 5 aliphatic carbocycles. The lowest BCUT2D eigenvalue weighted by Crippen LogP contribution is -2.09. The highest BCUT2D eigenvalue weighted by molar-refractivity contribution is 5.90. The molecule has 5 fully saturated rings. The van der Waals surface area contributed by atoms with Gasteiger partial charge in [0.05, 0.1) is 12.2 Å². The summed E-state index contributed by atoms with van der Waals surface area (Å²) >= 11 is 0. The molecule has 2 heteroatoms. The molecular formula is C25H28O2. The zero-order valence-electron chi connectivity index (χ0n) is 15.8. The smallest absolute Gasteiger partial charge is 0.338 e. The predicted octanol–water partition coefficient (Wildman–Crippen LogP) is 5.05. The summed E-state index contributed by atoms with van der Waals surface area (Å²) in [5, 5.41) is 0. The van der Waals surface area contributed by atoms with Gasteiger partial charge >= 0.3 is 5.97 Å². The number of carbonyl (C=O) groups excluding carboxylic acids is 1. The van der Waals surface area contributed by atoms with Crippen LogP contribution in [0.15, 0.2) is 30.3 Å². The minimum absolute atomic E-state index is 0.142. The average Bonchev–Trinajstić information content (AvgIpc) is 3.46. The lowest BCUT2D eigenvalue weighted by Gasteiger charge is -2.06. The Bertz CT molecular complexity index is 840. The van der Waals surface area contributed by atoms with E-state index >= 15 is 0 Å². The van der Waals surface area contributed by atoms with Crippen LogP contribution in [0.25, 0.3) is 6.08 Å². The number of hydrogen-bond donors (Lipinski definition) is 0. The van der Waals surface area contributed by atoms with Crippen molar-refractivity contribution in [1.29, 1.82) is 0 Å². The van der Waals surface area contributed by atoms with Crippen molar-refractivity contribution in [1.82, 2.24) is 0 Å². The van der Waals surface area contributed by atoms with Crippen LogP contribution in [0, 0.1) is 59.2 Å². The maximum absolute atomic E-state index is 12.5. The van der Waals surface area contributed by atoms with Gasteiger partial charge in [-0.25, -0.2) is 4.79 Å². The summed E-state index contributed by atoms with van der Waals surface area (Å²) in [6.45, 7) is 0.634. The number of allylic oxidation sites excluding steroid dienone is 1. The summed E-state index contributed by atoms with van der Waals surface area (Å²) < 4.78 is 5.67. The molecule has 0 saturated heterocycles. The van der Waals surface area contributed by atoms with Crippen LogP contribution in [0.4, 0.5) is 0 Å². The van der Waals surface area contributed by atoms with E-state index in [1.54, 1.807) is 0 Å². The first-order valence-electron chi connectivity index (χ1n) is 11.2. The van der Waals surface area contributed by atoms with E-state index in [1.807, 2.05) is 18.2 Å². The second kappa shape index (κ2) is 5.27. The molecule has 6 aliphatic rings. The Kier molecular flexibility index (Phi) is 3.00. The number of esters is 1. The first-order chi connectivity index (χ1) is 13.3. The fraction of sp³-hybridized carbons (Fsp3) is 0.640. The minimum atomic E-state index is -0.142. The summed E-state index contributed by atoms with van der Waals surface area (Å²) in [4.78, 5) is 12.5. The number of rotatable bonds is 0. The molecule has 0 radical (unpaired) electrons. The van der Waals surface area contributed by atoms with E-state index in [-0.39, 0.29) is 5.97 Å². The van der Waals surface area contributed by atoms with Crippen molar-refractivity contribution in [3.05, 3.63) is 41.5 Å². The topological polar surface area (TPSA) is 26.3 Å². The van der Waals surface area contributed by atoms with E-state index in [4.69, 9.17) is 4.74 Å². The molecule has 27 heavy (non-hydrogen) atoms. The summed E-state index contributed by atoms with van der Waals surface area (Å²) in [6.07, 6.45) is 11.9. The second-order valence-corrected chi connectivity index (χ2v) is 10.5. The maximum atomic E-state index is 12.5. The first kappa shape index (κ1) is 15.4. The monoisotopic (exact) mass is 360 g/mol. The van der Waals surface area contributed by atoms with Crippen molar-refractivity contribution in [2.45, 2.75) is 32.1 Å². The van der Waals surface area contributed by atoms with Gasteiger partial charge in [0.25, 0.3) is 0 Å². The molecular weight excluding hydrogens is 332 g/mol. The molecule has 0 amide bonds. The van der Waals surface area contributed by atoms with E-state index < -0.39 is 0 Å². The van der Waals surface area contributed by atoms with Crippen LogP contribution in [0.2, 0.25) is 0 Å². The molecule has 1 heterocycles. The van der Waals surface area contributed by atoms with E-state index in [0.717, 1.165) is 58.8 Å². The van der Waals surface area contributed by atoms with Crippen LogP contribution < -0.4 is 0 Å². The molecule has 140 valence electrons. The zero-order valence-corrected chi connectivity index (χ0v) is 15.8. The van der Waals surface area contributed by atoms with Gasteiger partial charge < -0.3 is 4.74 Å². The number of fused-ring (bicyclic) bond motifs is 11. The Morgan fingerprint density at radius 3 is 2.26 bits per heavy atom. The van der Waals surface area contributed by atoms with E-state index in [2.05, 4.69) is 18.2 Å². The number of cyclic esters (lactones) is 1. The van der Waals surface area contributed by atoms with Crippen LogP contribution in [0.3, 0.4) is 0 Å². The minimum Gasteiger partial charge on any atom is -0.462 e. The van der Waals surface area contributed by atoms with Crippen molar-refractivity contribution >= 4 is 12.0 Å². The first-order valence-corrected chi connectivity index (χ1v) is 11.2. The van der Waals surface area contributed by atoms with Crippen LogP contribution >= 0.6 is 0 Å². The molecule has 5 saturated carbocycles. The zero-order chi connectivity index (χ0) is 17.7. The van der Waals surface area contributed by atoms with E-state index in [9.17, 15) is 4.79 Å². The van der Waals surface area contributed by atoms with Crippen molar-refractivity contribution in [2.24, 2.45) is 59.2 Å². The molecule has 7 rings (SSSR count).